The van der Waals surface area contributed by atoms with E-state index in [0.29, 0.717) is 5.41 Å². The quantitative estimate of drug-likeness (QED) is 0.745. The number of hydrogen-bond donors (Lipinski definition) is 1. The summed E-state index contributed by atoms with van der Waals surface area (Å²) in [7, 11) is 0. The van der Waals surface area contributed by atoms with Gasteiger partial charge in [0.2, 0.25) is 0 Å². The summed E-state index contributed by atoms with van der Waals surface area (Å²) in [4.78, 5) is 0. The van der Waals surface area contributed by atoms with Crippen LogP contribution in [-0.4, -0.2) is 13.1 Å². The van der Waals surface area contributed by atoms with E-state index in [2.05, 4.69) is 42.6 Å². The highest BCUT2D eigenvalue weighted by molar-refractivity contribution is 5.14. The molecule has 0 radical (unpaired) electrons. The highest BCUT2D eigenvalue weighted by atomic mass is 14.9. The first-order valence-electron chi connectivity index (χ1n) is 6.53. The third-order valence-corrected chi connectivity index (χ3v) is 3.80. The number of benzene rings is 1. The molecule has 88 valence electrons. The Morgan fingerprint density at radius 3 is 2.50 bits per heavy atom. The maximum absolute atomic E-state index is 3.62. The zero-order valence-electron chi connectivity index (χ0n) is 10.3. The van der Waals surface area contributed by atoms with Crippen molar-refractivity contribution in [2.45, 2.75) is 39.0 Å². The van der Waals surface area contributed by atoms with Crippen LogP contribution in [0.5, 0.6) is 0 Å². The van der Waals surface area contributed by atoms with Crippen molar-refractivity contribution in [1.29, 1.82) is 0 Å². The van der Waals surface area contributed by atoms with Crippen LogP contribution in [0.15, 0.2) is 30.3 Å². The Bertz CT molecular complexity index is 298. The monoisotopic (exact) mass is 217 g/mol. The zero-order chi connectivity index (χ0) is 11.3. The molecule has 0 bridgehead atoms. The second kappa shape index (κ2) is 5.49. The summed E-state index contributed by atoms with van der Waals surface area (Å²) in [5.41, 5.74) is 2.02. The summed E-state index contributed by atoms with van der Waals surface area (Å²) in [6.07, 6.45) is 6.82. The van der Waals surface area contributed by atoms with Crippen molar-refractivity contribution in [2.75, 3.05) is 13.1 Å². The summed E-state index contributed by atoms with van der Waals surface area (Å²) in [6, 6.07) is 10.7. The van der Waals surface area contributed by atoms with E-state index in [1.54, 1.807) is 0 Å². The highest BCUT2D eigenvalue weighted by Gasteiger charge is 2.27. The van der Waals surface area contributed by atoms with Gasteiger partial charge in [-0.25, -0.2) is 0 Å². The van der Waals surface area contributed by atoms with Crippen molar-refractivity contribution < 1.29 is 0 Å². The molecule has 0 atom stereocenters. The van der Waals surface area contributed by atoms with Gasteiger partial charge in [0.1, 0.15) is 0 Å². The normalized spacial score (nSPS) is 18.8. The van der Waals surface area contributed by atoms with Gasteiger partial charge in [0.05, 0.1) is 0 Å². The second-order valence-corrected chi connectivity index (χ2v) is 5.43. The lowest BCUT2D eigenvalue weighted by atomic mass is 9.89. The minimum Gasteiger partial charge on any atom is -0.316 e. The van der Waals surface area contributed by atoms with Gasteiger partial charge in [-0.1, -0.05) is 50.1 Å². The van der Waals surface area contributed by atoms with E-state index in [1.807, 2.05) is 0 Å². The van der Waals surface area contributed by atoms with Crippen LogP contribution in [0.2, 0.25) is 0 Å². The summed E-state index contributed by atoms with van der Waals surface area (Å²) < 4.78 is 0. The molecule has 0 aliphatic heterocycles. The summed E-state index contributed by atoms with van der Waals surface area (Å²) >= 11 is 0. The van der Waals surface area contributed by atoms with Gasteiger partial charge in [0.25, 0.3) is 0 Å². The van der Waals surface area contributed by atoms with E-state index < -0.39 is 0 Å². The van der Waals surface area contributed by atoms with Gasteiger partial charge in [-0.3, -0.25) is 0 Å². The predicted molar refractivity (Wildman–Crippen MR) is 69.6 cm³/mol. The van der Waals surface area contributed by atoms with Gasteiger partial charge in [-0.05, 0) is 36.8 Å². The first kappa shape index (κ1) is 11.7. The SMILES string of the molecule is CC1(CNCCc2ccccc2)CCCC1. The minimum atomic E-state index is 0.580. The Labute approximate surface area is 99.3 Å². The average Bonchev–Trinajstić information content (AvgIpc) is 2.74. The number of rotatable bonds is 5. The molecule has 0 amide bonds. The van der Waals surface area contributed by atoms with Crippen molar-refractivity contribution >= 4 is 0 Å². The lowest BCUT2D eigenvalue weighted by molar-refractivity contribution is 0.316. The maximum atomic E-state index is 3.62. The van der Waals surface area contributed by atoms with Crippen LogP contribution in [0.25, 0.3) is 0 Å². The van der Waals surface area contributed by atoms with Crippen molar-refractivity contribution in [3.05, 3.63) is 35.9 Å². The molecular formula is C15H23N. The van der Waals surface area contributed by atoms with Crippen molar-refractivity contribution in [2.24, 2.45) is 5.41 Å². The van der Waals surface area contributed by atoms with Crippen molar-refractivity contribution in [1.82, 2.24) is 5.32 Å². The molecule has 1 nitrogen and oxygen atoms in total. The fourth-order valence-corrected chi connectivity index (χ4v) is 2.67. The molecule has 1 N–H and O–H groups in total. The highest BCUT2D eigenvalue weighted by Crippen LogP contribution is 2.36. The summed E-state index contributed by atoms with van der Waals surface area (Å²) in [5, 5.41) is 3.62. The summed E-state index contributed by atoms with van der Waals surface area (Å²) in [5.74, 6) is 0. The van der Waals surface area contributed by atoms with Gasteiger partial charge in [-0.2, -0.15) is 0 Å². The first-order valence-corrected chi connectivity index (χ1v) is 6.53. The smallest absolute Gasteiger partial charge is 0.000529 e. The molecule has 1 saturated carbocycles. The van der Waals surface area contributed by atoms with Crippen LogP contribution in [0.4, 0.5) is 0 Å². The number of hydrogen-bond acceptors (Lipinski definition) is 1. The molecule has 0 aromatic heterocycles. The molecule has 0 heterocycles. The third-order valence-electron chi connectivity index (χ3n) is 3.80. The zero-order valence-corrected chi connectivity index (χ0v) is 10.3. The predicted octanol–water partition coefficient (Wildman–Crippen LogP) is 3.40. The fraction of sp³-hybridized carbons (Fsp3) is 0.600. The minimum absolute atomic E-state index is 0.580. The molecule has 0 unspecified atom stereocenters. The van der Waals surface area contributed by atoms with E-state index in [1.165, 1.54) is 37.8 Å². The van der Waals surface area contributed by atoms with Crippen LogP contribution >= 0.6 is 0 Å². The second-order valence-electron chi connectivity index (χ2n) is 5.43. The van der Waals surface area contributed by atoms with E-state index in [-0.39, 0.29) is 0 Å². The van der Waals surface area contributed by atoms with E-state index >= 15 is 0 Å². The Morgan fingerprint density at radius 1 is 1.12 bits per heavy atom. The Hall–Kier alpha value is -0.820. The fourth-order valence-electron chi connectivity index (χ4n) is 2.67. The molecule has 16 heavy (non-hydrogen) atoms. The van der Waals surface area contributed by atoms with Gasteiger partial charge in [-0.15, -0.1) is 0 Å². The molecule has 2 rings (SSSR count). The molecular weight excluding hydrogens is 194 g/mol. The number of nitrogens with one attached hydrogen (secondary N) is 1. The Balaban J connectivity index is 1.65. The van der Waals surface area contributed by atoms with Crippen LogP contribution in [0, 0.1) is 5.41 Å². The molecule has 1 aliphatic rings. The molecule has 1 fully saturated rings. The standard InChI is InChI=1S/C15H23N/c1-15(10-5-6-11-15)13-16-12-9-14-7-3-2-4-8-14/h2-4,7-8,16H,5-6,9-13H2,1H3. The molecule has 1 aromatic carbocycles. The largest absolute Gasteiger partial charge is 0.316 e. The molecule has 0 spiro atoms. The lowest BCUT2D eigenvalue weighted by Crippen LogP contribution is -2.30. The van der Waals surface area contributed by atoms with Crippen LogP contribution in [0.1, 0.15) is 38.2 Å². The molecule has 1 heteroatoms. The molecule has 0 saturated heterocycles. The Kier molecular flexibility index (Phi) is 4.00. The van der Waals surface area contributed by atoms with Gasteiger partial charge >= 0.3 is 0 Å². The lowest BCUT2D eigenvalue weighted by Gasteiger charge is -2.23. The summed E-state index contributed by atoms with van der Waals surface area (Å²) in [6.45, 7) is 4.73. The van der Waals surface area contributed by atoms with E-state index in [0.717, 1.165) is 13.0 Å². The van der Waals surface area contributed by atoms with Gasteiger partial charge in [0.15, 0.2) is 0 Å². The van der Waals surface area contributed by atoms with Crippen molar-refractivity contribution in [3.63, 3.8) is 0 Å². The van der Waals surface area contributed by atoms with Crippen molar-refractivity contribution in [3.8, 4) is 0 Å². The topological polar surface area (TPSA) is 12.0 Å². The Morgan fingerprint density at radius 2 is 1.81 bits per heavy atom. The average molecular weight is 217 g/mol. The molecule has 1 aromatic rings. The first-order chi connectivity index (χ1) is 7.79. The van der Waals surface area contributed by atoms with Crippen LogP contribution < -0.4 is 5.32 Å². The third kappa shape index (κ3) is 3.34. The van der Waals surface area contributed by atoms with Gasteiger partial charge in [0, 0.05) is 6.54 Å². The van der Waals surface area contributed by atoms with Gasteiger partial charge < -0.3 is 5.32 Å². The van der Waals surface area contributed by atoms with E-state index in [9.17, 15) is 0 Å². The maximum Gasteiger partial charge on any atom is 0.000529 e. The van der Waals surface area contributed by atoms with Crippen LogP contribution in [0.3, 0.4) is 0 Å². The van der Waals surface area contributed by atoms with Crippen LogP contribution in [-0.2, 0) is 6.42 Å². The molecule has 1 aliphatic carbocycles. The van der Waals surface area contributed by atoms with E-state index in [4.69, 9.17) is 0 Å².